The lowest BCUT2D eigenvalue weighted by Crippen LogP contribution is -2.08. The SMILES string of the molecule is C=C/C=C/CCCCCC(CCCC)CC(=O)O. The zero-order valence-electron chi connectivity index (χ0n) is 11.7. The molecule has 0 saturated heterocycles. The molecule has 0 fully saturated rings. The first kappa shape index (κ1) is 16.9. The highest BCUT2D eigenvalue weighted by molar-refractivity contribution is 5.66. The molecule has 1 unspecified atom stereocenters. The van der Waals surface area contributed by atoms with Crippen molar-refractivity contribution in [3.8, 4) is 0 Å². The first-order valence-electron chi connectivity index (χ1n) is 7.20. The number of carbonyl (C=O) groups is 1. The van der Waals surface area contributed by atoms with E-state index in [1.165, 1.54) is 12.8 Å². The summed E-state index contributed by atoms with van der Waals surface area (Å²) < 4.78 is 0. The van der Waals surface area contributed by atoms with E-state index < -0.39 is 5.97 Å². The van der Waals surface area contributed by atoms with Gasteiger partial charge in [0.25, 0.3) is 0 Å². The third-order valence-corrected chi connectivity index (χ3v) is 3.18. The quantitative estimate of drug-likeness (QED) is 0.394. The molecule has 0 aromatic carbocycles. The largest absolute Gasteiger partial charge is 0.481 e. The summed E-state index contributed by atoms with van der Waals surface area (Å²) in [7, 11) is 0. The van der Waals surface area contributed by atoms with Gasteiger partial charge in [0.1, 0.15) is 0 Å². The molecule has 2 heteroatoms. The summed E-state index contributed by atoms with van der Waals surface area (Å²) in [6, 6.07) is 0. The normalized spacial score (nSPS) is 12.7. The molecule has 0 saturated carbocycles. The number of allylic oxidation sites excluding steroid dienone is 3. The maximum atomic E-state index is 10.8. The molecule has 0 aromatic heterocycles. The molecule has 1 atom stereocenters. The molecule has 104 valence electrons. The van der Waals surface area contributed by atoms with Crippen molar-refractivity contribution in [1.82, 2.24) is 0 Å². The number of carboxylic acids is 1. The molecule has 0 heterocycles. The summed E-state index contributed by atoms with van der Waals surface area (Å²) in [6.45, 7) is 5.79. The molecule has 0 rings (SSSR count). The number of hydrogen-bond acceptors (Lipinski definition) is 1. The molecule has 0 amide bonds. The maximum absolute atomic E-state index is 10.8. The molecule has 0 radical (unpaired) electrons. The van der Waals surface area contributed by atoms with E-state index in [9.17, 15) is 4.79 Å². The van der Waals surface area contributed by atoms with Gasteiger partial charge in [0.05, 0.1) is 0 Å². The van der Waals surface area contributed by atoms with Gasteiger partial charge in [0, 0.05) is 6.42 Å². The van der Waals surface area contributed by atoms with Crippen molar-refractivity contribution in [1.29, 1.82) is 0 Å². The molecule has 0 aliphatic rings. The number of aliphatic carboxylic acids is 1. The number of carboxylic acid groups (broad SMARTS) is 1. The van der Waals surface area contributed by atoms with E-state index in [0.717, 1.165) is 38.5 Å². The van der Waals surface area contributed by atoms with Crippen LogP contribution in [0.4, 0.5) is 0 Å². The van der Waals surface area contributed by atoms with Crippen LogP contribution in [0.1, 0.15) is 64.7 Å². The highest BCUT2D eigenvalue weighted by Gasteiger charge is 2.12. The summed E-state index contributed by atoms with van der Waals surface area (Å²) >= 11 is 0. The first-order chi connectivity index (χ1) is 8.70. The molecule has 0 bridgehead atoms. The predicted molar refractivity (Wildman–Crippen MR) is 77.7 cm³/mol. The number of hydrogen-bond donors (Lipinski definition) is 1. The Morgan fingerprint density at radius 2 is 1.94 bits per heavy atom. The monoisotopic (exact) mass is 252 g/mol. The van der Waals surface area contributed by atoms with Crippen molar-refractivity contribution >= 4 is 5.97 Å². The Balaban J connectivity index is 3.64. The lowest BCUT2D eigenvalue weighted by molar-refractivity contribution is -0.138. The van der Waals surface area contributed by atoms with E-state index in [1.807, 2.05) is 6.08 Å². The van der Waals surface area contributed by atoms with Crippen LogP contribution in [0.2, 0.25) is 0 Å². The minimum absolute atomic E-state index is 0.344. The number of rotatable bonds is 12. The van der Waals surface area contributed by atoms with E-state index in [1.54, 1.807) is 6.08 Å². The second-order valence-corrected chi connectivity index (χ2v) is 4.91. The third-order valence-electron chi connectivity index (χ3n) is 3.18. The van der Waals surface area contributed by atoms with Crippen LogP contribution in [0.25, 0.3) is 0 Å². The molecule has 18 heavy (non-hydrogen) atoms. The highest BCUT2D eigenvalue weighted by Crippen LogP contribution is 2.20. The van der Waals surface area contributed by atoms with Crippen LogP contribution >= 0.6 is 0 Å². The van der Waals surface area contributed by atoms with E-state index >= 15 is 0 Å². The summed E-state index contributed by atoms with van der Waals surface area (Å²) in [5.74, 6) is -0.267. The second kappa shape index (κ2) is 12.4. The van der Waals surface area contributed by atoms with Crippen LogP contribution in [0.5, 0.6) is 0 Å². The van der Waals surface area contributed by atoms with Gasteiger partial charge in [-0.15, -0.1) is 0 Å². The van der Waals surface area contributed by atoms with E-state index in [0.29, 0.717) is 12.3 Å². The molecule has 0 spiro atoms. The van der Waals surface area contributed by atoms with Crippen molar-refractivity contribution in [3.05, 3.63) is 24.8 Å². The molecule has 1 N–H and O–H groups in total. The van der Waals surface area contributed by atoms with E-state index in [4.69, 9.17) is 5.11 Å². The van der Waals surface area contributed by atoms with Crippen LogP contribution < -0.4 is 0 Å². The average Bonchev–Trinajstić information content (AvgIpc) is 2.34. The van der Waals surface area contributed by atoms with Crippen molar-refractivity contribution in [2.45, 2.75) is 64.7 Å². The highest BCUT2D eigenvalue weighted by atomic mass is 16.4. The van der Waals surface area contributed by atoms with Gasteiger partial charge in [-0.05, 0) is 31.6 Å². The summed E-state index contributed by atoms with van der Waals surface area (Å²) in [5, 5.41) is 8.86. The standard InChI is InChI=1S/C16H28O2/c1-3-5-7-8-9-10-11-13-15(12-6-4-2)14-16(17)18/h3,5,7,15H,1,4,6,8-14H2,2H3,(H,17,18)/b7-5+. The fourth-order valence-electron chi connectivity index (χ4n) is 2.15. The van der Waals surface area contributed by atoms with Crippen LogP contribution in [-0.4, -0.2) is 11.1 Å². The van der Waals surface area contributed by atoms with Gasteiger partial charge in [-0.2, -0.15) is 0 Å². The Bertz CT molecular complexity index is 243. The van der Waals surface area contributed by atoms with Crippen molar-refractivity contribution in [3.63, 3.8) is 0 Å². The zero-order valence-corrected chi connectivity index (χ0v) is 11.7. The fourth-order valence-corrected chi connectivity index (χ4v) is 2.15. The minimum Gasteiger partial charge on any atom is -0.481 e. The van der Waals surface area contributed by atoms with Gasteiger partial charge >= 0.3 is 5.97 Å². The van der Waals surface area contributed by atoms with Crippen LogP contribution in [0.3, 0.4) is 0 Å². The minimum atomic E-state index is -0.648. The summed E-state index contributed by atoms with van der Waals surface area (Å²) in [5.41, 5.74) is 0. The van der Waals surface area contributed by atoms with Gasteiger partial charge in [0.15, 0.2) is 0 Å². The van der Waals surface area contributed by atoms with Crippen molar-refractivity contribution in [2.75, 3.05) is 0 Å². The molecule has 0 aromatic rings. The molecular weight excluding hydrogens is 224 g/mol. The Morgan fingerprint density at radius 1 is 1.22 bits per heavy atom. The van der Waals surface area contributed by atoms with E-state index in [2.05, 4.69) is 19.6 Å². The Labute approximate surface area is 112 Å². The first-order valence-corrected chi connectivity index (χ1v) is 7.20. The van der Waals surface area contributed by atoms with Crippen LogP contribution in [0, 0.1) is 5.92 Å². The Kier molecular flexibility index (Phi) is 11.7. The predicted octanol–water partition coefficient (Wildman–Crippen LogP) is 4.96. The molecule has 2 nitrogen and oxygen atoms in total. The Morgan fingerprint density at radius 3 is 2.56 bits per heavy atom. The van der Waals surface area contributed by atoms with Crippen LogP contribution in [0.15, 0.2) is 24.8 Å². The molecule has 0 aliphatic carbocycles. The lowest BCUT2D eigenvalue weighted by Gasteiger charge is -2.13. The zero-order chi connectivity index (χ0) is 13.6. The number of unbranched alkanes of at least 4 members (excludes halogenated alkanes) is 4. The average molecular weight is 252 g/mol. The van der Waals surface area contributed by atoms with Crippen LogP contribution in [-0.2, 0) is 4.79 Å². The van der Waals surface area contributed by atoms with Crippen molar-refractivity contribution in [2.24, 2.45) is 5.92 Å². The van der Waals surface area contributed by atoms with Gasteiger partial charge in [0.2, 0.25) is 0 Å². The molecular formula is C16H28O2. The van der Waals surface area contributed by atoms with Gasteiger partial charge in [-0.3, -0.25) is 4.79 Å². The fraction of sp³-hybridized carbons (Fsp3) is 0.688. The van der Waals surface area contributed by atoms with E-state index in [-0.39, 0.29) is 0 Å². The van der Waals surface area contributed by atoms with Gasteiger partial charge < -0.3 is 5.11 Å². The van der Waals surface area contributed by atoms with Crippen molar-refractivity contribution < 1.29 is 9.90 Å². The summed E-state index contributed by atoms with van der Waals surface area (Å²) in [4.78, 5) is 10.8. The topological polar surface area (TPSA) is 37.3 Å². The third kappa shape index (κ3) is 11.4. The second-order valence-electron chi connectivity index (χ2n) is 4.91. The molecule has 0 aliphatic heterocycles. The van der Waals surface area contributed by atoms with Gasteiger partial charge in [-0.25, -0.2) is 0 Å². The Hall–Kier alpha value is -1.05. The summed E-state index contributed by atoms with van der Waals surface area (Å²) in [6.07, 6.45) is 15.4. The smallest absolute Gasteiger partial charge is 0.303 e. The maximum Gasteiger partial charge on any atom is 0.303 e. The van der Waals surface area contributed by atoms with Gasteiger partial charge in [-0.1, -0.05) is 57.4 Å². The lowest BCUT2D eigenvalue weighted by atomic mass is 9.92.